The monoisotopic (exact) mass is 264 g/mol. The standard InChI is InChI=1S/C14H24N4O/c1-4-18-10-9-16-13(14(18)19)17(3)12-7-5-11(15-2)6-8-12/h9-12,15H,4-8H2,1-3H3. The van der Waals surface area contributed by atoms with Crippen LogP contribution in [0.4, 0.5) is 5.82 Å². The molecule has 1 aliphatic rings. The highest BCUT2D eigenvalue weighted by Crippen LogP contribution is 2.23. The van der Waals surface area contributed by atoms with E-state index in [1.165, 1.54) is 12.8 Å². The Hall–Kier alpha value is -1.36. The van der Waals surface area contributed by atoms with E-state index in [-0.39, 0.29) is 5.56 Å². The number of aryl methyl sites for hydroxylation is 1. The van der Waals surface area contributed by atoms with Crippen molar-refractivity contribution in [2.75, 3.05) is 19.0 Å². The summed E-state index contributed by atoms with van der Waals surface area (Å²) in [5.74, 6) is 0.581. The van der Waals surface area contributed by atoms with Gasteiger partial charge in [0, 0.05) is 38.1 Å². The average Bonchev–Trinajstić information content (AvgIpc) is 2.47. The van der Waals surface area contributed by atoms with E-state index in [1.807, 2.05) is 21.0 Å². The molecule has 1 N–H and O–H groups in total. The Labute approximate surface area is 114 Å². The molecule has 0 saturated heterocycles. The van der Waals surface area contributed by atoms with Crippen LogP contribution >= 0.6 is 0 Å². The lowest BCUT2D eigenvalue weighted by atomic mass is 9.90. The highest BCUT2D eigenvalue weighted by Gasteiger charge is 2.25. The third-order valence-corrected chi connectivity index (χ3v) is 4.22. The third kappa shape index (κ3) is 2.97. The predicted octanol–water partition coefficient (Wildman–Crippen LogP) is 1.23. The molecule has 0 spiro atoms. The van der Waals surface area contributed by atoms with Crippen LogP contribution in [0.5, 0.6) is 0 Å². The first-order valence-electron chi connectivity index (χ1n) is 7.13. The number of nitrogens with one attached hydrogen (secondary N) is 1. The molecule has 0 bridgehead atoms. The second kappa shape index (κ2) is 6.19. The molecule has 1 aliphatic carbocycles. The molecule has 1 aromatic rings. The maximum absolute atomic E-state index is 12.3. The van der Waals surface area contributed by atoms with Crippen molar-refractivity contribution in [3.8, 4) is 0 Å². The van der Waals surface area contributed by atoms with E-state index in [9.17, 15) is 4.79 Å². The molecule has 0 amide bonds. The van der Waals surface area contributed by atoms with Gasteiger partial charge in [-0.05, 0) is 39.7 Å². The zero-order chi connectivity index (χ0) is 13.8. The molecule has 5 heteroatoms. The maximum atomic E-state index is 12.3. The molecule has 1 fully saturated rings. The summed E-state index contributed by atoms with van der Waals surface area (Å²) in [5, 5.41) is 3.33. The second-order valence-electron chi connectivity index (χ2n) is 5.25. The van der Waals surface area contributed by atoms with E-state index >= 15 is 0 Å². The quantitative estimate of drug-likeness (QED) is 0.888. The van der Waals surface area contributed by atoms with Gasteiger partial charge in [0.2, 0.25) is 0 Å². The van der Waals surface area contributed by atoms with Crippen LogP contribution in [0.15, 0.2) is 17.2 Å². The van der Waals surface area contributed by atoms with Gasteiger partial charge < -0.3 is 14.8 Å². The minimum absolute atomic E-state index is 0.0169. The molecule has 106 valence electrons. The maximum Gasteiger partial charge on any atom is 0.293 e. The number of nitrogens with zero attached hydrogens (tertiary/aromatic N) is 3. The number of hydrogen-bond donors (Lipinski definition) is 1. The number of rotatable bonds is 4. The van der Waals surface area contributed by atoms with Crippen molar-refractivity contribution in [2.24, 2.45) is 0 Å². The van der Waals surface area contributed by atoms with Crippen molar-refractivity contribution in [3.63, 3.8) is 0 Å². The molecule has 0 atom stereocenters. The van der Waals surface area contributed by atoms with Crippen LogP contribution in [-0.2, 0) is 6.54 Å². The van der Waals surface area contributed by atoms with Gasteiger partial charge in [-0.25, -0.2) is 4.98 Å². The van der Waals surface area contributed by atoms with Gasteiger partial charge in [-0.1, -0.05) is 0 Å². The van der Waals surface area contributed by atoms with Crippen LogP contribution in [0, 0.1) is 0 Å². The molecule has 0 radical (unpaired) electrons. The lowest BCUT2D eigenvalue weighted by Crippen LogP contribution is -2.42. The molecule has 1 heterocycles. The van der Waals surface area contributed by atoms with Crippen LogP contribution in [0.1, 0.15) is 32.6 Å². The van der Waals surface area contributed by atoms with Gasteiger partial charge in [0.05, 0.1) is 0 Å². The topological polar surface area (TPSA) is 50.2 Å². The Morgan fingerprint density at radius 3 is 2.68 bits per heavy atom. The summed E-state index contributed by atoms with van der Waals surface area (Å²) < 4.78 is 1.71. The minimum Gasteiger partial charge on any atom is -0.352 e. The van der Waals surface area contributed by atoms with Crippen molar-refractivity contribution in [2.45, 2.75) is 51.2 Å². The SMILES string of the molecule is CCn1ccnc(N(C)C2CCC(NC)CC2)c1=O. The van der Waals surface area contributed by atoms with Crippen LogP contribution in [0.25, 0.3) is 0 Å². The predicted molar refractivity (Wildman–Crippen MR) is 77.7 cm³/mol. The van der Waals surface area contributed by atoms with Crippen LogP contribution < -0.4 is 15.8 Å². The first kappa shape index (κ1) is 14.1. The van der Waals surface area contributed by atoms with Gasteiger partial charge in [0.1, 0.15) is 0 Å². The number of hydrogen-bond acceptors (Lipinski definition) is 4. The Balaban J connectivity index is 2.12. The molecule has 0 unspecified atom stereocenters. The molecule has 19 heavy (non-hydrogen) atoms. The average molecular weight is 264 g/mol. The zero-order valence-corrected chi connectivity index (χ0v) is 12.1. The largest absolute Gasteiger partial charge is 0.352 e. The van der Waals surface area contributed by atoms with E-state index in [1.54, 1.807) is 17.0 Å². The molecule has 2 rings (SSSR count). The van der Waals surface area contributed by atoms with Gasteiger partial charge in [-0.2, -0.15) is 0 Å². The smallest absolute Gasteiger partial charge is 0.293 e. The van der Waals surface area contributed by atoms with Gasteiger partial charge in [-0.3, -0.25) is 4.79 Å². The fourth-order valence-corrected chi connectivity index (χ4v) is 2.85. The molecule has 5 nitrogen and oxygen atoms in total. The molecule has 0 aliphatic heterocycles. The number of aromatic nitrogens is 2. The van der Waals surface area contributed by atoms with Crippen LogP contribution in [0.3, 0.4) is 0 Å². The fourth-order valence-electron chi connectivity index (χ4n) is 2.85. The van der Waals surface area contributed by atoms with Gasteiger partial charge >= 0.3 is 0 Å². The van der Waals surface area contributed by atoms with Gasteiger partial charge in [0.15, 0.2) is 5.82 Å². The molecule has 0 aromatic carbocycles. The summed E-state index contributed by atoms with van der Waals surface area (Å²) in [6, 6.07) is 1.05. The van der Waals surface area contributed by atoms with Crippen molar-refractivity contribution in [1.29, 1.82) is 0 Å². The summed E-state index contributed by atoms with van der Waals surface area (Å²) in [6.07, 6.45) is 8.03. The Kier molecular flexibility index (Phi) is 4.58. The van der Waals surface area contributed by atoms with E-state index in [2.05, 4.69) is 15.2 Å². The van der Waals surface area contributed by atoms with E-state index < -0.39 is 0 Å². The summed E-state index contributed by atoms with van der Waals surface area (Å²) in [6.45, 7) is 2.66. The summed E-state index contributed by atoms with van der Waals surface area (Å²) >= 11 is 0. The van der Waals surface area contributed by atoms with Crippen molar-refractivity contribution < 1.29 is 0 Å². The normalized spacial score (nSPS) is 23.3. The van der Waals surface area contributed by atoms with E-state index in [0.29, 0.717) is 24.4 Å². The fraction of sp³-hybridized carbons (Fsp3) is 0.714. The Morgan fingerprint density at radius 2 is 2.11 bits per heavy atom. The van der Waals surface area contributed by atoms with Crippen LogP contribution in [0.2, 0.25) is 0 Å². The first-order valence-corrected chi connectivity index (χ1v) is 7.13. The molecular weight excluding hydrogens is 240 g/mol. The minimum atomic E-state index is 0.0169. The first-order chi connectivity index (χ1) is 9.17. The van der Waals surface area contributed by atoms with Crippen molar-refractivity contribution >= 4 is 5.82 Å². The summed E-state index contributed by atoms with van der Waals surface area (Å²) in [4.78, 5) is 18.6. The van der Waals surface area contributed by atoms with Crippen LogP contribution in [-0.4, -0.2) is 35.7 Å². The highest BCUT2D eigenvalue weighted by atomic mass is 16.1. The van der Waals surface area contributed by atoms with E-state index in [0.717, 1.165) is 12.8 Å². The lowest BCUT2D eigenvalue weighted by Gasteiger charge is -2.34. The van der Waals surface area contributed by atoms with Crippen molar-refractivity contribution in [1.82, 2.24) is 14.9 Å². The zero-order valence-electron chi connectivity index (χ0n) is 12.1. The third-order valence-electron chi connectivity index (χ3n) is 4.22. The Bertz CT molecular complexity index is 463. The van der Waals surface area contributed by atoms with Gasteiger partial charge in [0.25, 0.3) is 5.56 Å². The van der Waals surface area contributed by atoms with Gasteiger partial charge in [-0.15, -0.1) is 0 Å². The van der Waals surface area contributed by atoms with Crippen molar-refractivity contribution in [3.05, 3.63) is 22.7 Å². The molecule has 1 saturated carbocycles. The summed E-state index contributed by atoms with van der Waals surface area (Å²) in [5.41, 5.74) is 0.0169. The number of anilines is 1. The van der Waals surface area contributed by atoms with E-state index in [4.69, 9.17) is 0 Å². The Morgan fingerprint density at radius 1 is 1.42 bits per heavy atom. The lowest BCUT2D eigenvalue weighted by molar-refractivity contribution is 0.350. The molecular formula is C14H24N4O. The molecule has 1 aromatic heterocycles. The second-order valence-corrected chi connectivity index (χ2v) is 5.25. The highest BCUT2D eigenvalue weighted by molar-refractivity contribution is 5.36. The summed E-state index contributed by atoms with van der Waals surface area (Å²) in [7, 11) is 4.02.